The minimum absolute atomic E-state index is 0.437. The Morgan fingerprint density at radius 3 is 2.69 bits per heavy atom. The standard InChI is InChI=1S/C21H17ClN4OS2/c22-16-7-9-18(10-8-16)27-12-20-23-17(13-28-20)14-29-21-24-19(25-26-21)11-6-15-4-2-1-3-5-15/h1-11,13H,12,14H2,(H,24,25,26)/b11-6+. The Bertz CT molecular complexity index is 1080. The van der Waals surface area contributed by atoms with Crippen LogP contribution in [0.4, 0.5) is 0 Å². The van der Waals surface area contributed by atoms with Crippen LogP contribution in [0.15, 0.2) is 65.1 Å². The van der Waals surface area contributed by atoms with Crippen molar-refractivity contribution in [2.24, 2.45) is 0 Å². The van der Waals surface area contributed by atoms with Crippen molar-refractivity contribution in [2.45, 2.75) is 17.5 Å². The lowest BCUT2D eigenvalue weighted by Gasteiger charge is -2.03. The summed E-state index contributed by atoms with van der Waals surface area (Å²) in [6, 6.07) is 17.4. The van der Waals surface area contributed by atoms with Gasteiger partial charge in [-0.1, -0.05) is 59.8 Å². The zero-order valence-electron chi connectivity index (χ0n) is 15.3. The molecule has 2 aromatic heterocycles. The molecule has 0 fully saturated rings. The van der Waals surface area contributed by atoms with Crippen LogP contribution in [0.5, 0.6) is 5.75 Å². The first kappa shape index (κ1) is 19.7. The monoisotopic (exact) mass is 440 g/mol. The van der Waals surface area contributed by atoms with Gasteiger partial charge in [-0.15, -0.1) is 16.4 Å². The molecule has 4 aromatic rings. The molecule has 0 aliphatic rings. The first-order valence-electron chi connectivity index (χ1n) is 8.84. The van der Waals surface area contributed by atoms with Crippen molar-refractivity contribution in [1.29, 1.82) is 0 Å². The van der Waals surface area contributed by atoms with Gasteiger partial charge < -0.3 is 4.74 Å². The molecule has 29 heavy (non-hydrogen) atoms. The van der Waals surface area contributed by atoms with E-state index in [9.17, 15) is 0 Å². The van der Waals surface area contributed by atoms with Crippen molar-refractivity contribution in [3.05, 3.63) is 87.1 Å². The number of halogens is 1. The lowest BCUT2D eigenvalue weighted by Crippen LogP contribution is -1.95. The summed E-state index contributed by atoms with van der Waals surface area (Å²) in [6.07, 6.45) is 3.92. The lowest BCUT2D eigenvalue weighted by atomic mass is 10.2. The van der Waals surface area contributed by atoms with Gasteiger partial charge in [0.1, 0.15) is 23.2 Å². The number of nitrogens with one attached hydrogen (secondary N) is 1. The van der Waals surface area contributed by atoms with Gasteiger partial charge in [-0.25, -0.2) is 9.97 Å². The fourth-order valence-corrected chi connectivity index (χ4v) is 4.07. The molecular formula is C21H17ClN4OS2. The van der Waals surface area contributed by atoms with Gasteiger partial charge >= 0.3 is 0 Å². The number of thiazole rings is 1. The van der Waals surface area contributed by atoms with E-state index in [1.54, 1.807) is 35.2 Å². The predicted molar refractivity (Wildman–Crippen MR) is 119 cm³/mol. The van der Waals surface area contributed by atoms with Gasteiger partial charge in [-0.3, -0.25) is 5.10 Å². The molecule has 146 valence electrons. The number of hydrogen-bond acceptors (Lipinski definition) is 6. The number of rotatable bonds is 8. The van der Waals surface area contributed by atoms with E-state index in [1.807, 2.05) is 60.0 Å². The molecule has 0 saturated carbocycles. The summed E-state index contributed by atoms with van der Waals surface area (Å²) in [5.74, 6) is 2.21. The average Bonchev–Trinajstić information content (AvgIpc) is 3.40. The molecule has 2 aromatic carbocycles. The number of H-pyrrole nitrogens is 1. The van der Waals surface area contributed by atoms with Gasteiger partial charge in [0.25, 0.3) is 0 Å². The first-order chi connectivity index (χ1) is 14.2. The number of benzene rings is 2. The SMILES string of the molecule is Clc1ccc(OCc2nc(CSc3n[nH]c(/C=C/c4ccccc4)n3)cs2)cc1. The molecule has 0 spiro atoms. The fraction of sp³-hybridized carbons (Fsp3) is 0.0952. The van der Waals surface area contributed by atoms with Crippen LogP contribution in [-0.2, 0) is 12.4 Å². The highest BCUT2D eigenvalue weighted by Gasteiger charge is 2.07. The molecule has 1 N–H and O–H groups in total. The Labute approximate surface area is 181 Å². The maximum absolute atomic E-state index is 5.88. The van der Waals surface area contributed by atoms with Gasteiger partial charge in [0, 0.05) is 16.2 Å². The minimum atomic E-state index is 0.437. The smallest absolute Gasteiger partial charge is 0.209 e. The number of ether oxygens (including phenoxy) is 1. The van der Waals surface area contributed by atoms with E-state index in [0.717, 1.165) is 27.8 Å². The molecule has 5 nitrogen and oxygen atoms in total. The maximum Gasteiger partial charge on any atom is 0.209 e. The van der Waals surface area contributed by atoms with Gasteiger partial charge in [-0.2, -0.15) is 0 Å². The van der Waals surface area contributed by atoms with E-state index in [1.165, 1.54) is 0 Å². The van der Waals surface area contributed by atoms with E-state index in [-0.39, 0.29) is 0 Å². The summed E-state index contributed by atoms with van der Waals surface area (Å²) in [6.45, 7) is 0.437. The second kappa shape index (κ2) is 9.73. The average molecular weight is 441 g/mol. The van der Waals surface area contributed by atoms with Crippen molar-refractivity contribution in [3.63, 3.8) is 0 Å². The Balaban J connectivity index is 1.27. The molecule has 0 saturated heterocycles. The first-order valence-corrected chi connectivity index (χ1v) is 11.1. The highest BCUT2D eigenvalue weighted by Crippen LogP contribution is 2.22. The summed E-state index contributed by atoms with van der Waals surface area (Å²) >= 11 is 9.01. The topological polar surface area (TPSA) is 63.7 Å². The fourth-order valence-electron chi connectivity index (χ4n) is 2.43. The van der Waals surface area contributed by atoms with Crippen molar-refractivity contribution in [1.82, 2.24) is 20.2 Å². The number of thioether (sulfide) groups is 1. The van der Waals surface area contributed by atoms with Gasteiger partial charge in [0.15, 0.2) is 0 Å². The Morgan fingerprint density at radius 1 is 1.03 bits per heavy atom. The van der Waals surface area contributed by atoms with Crippen molar-refractivity contribution < 1.29 is 4.74 Å². The van der Waals surface area contributed by atoms with Crippen molar-refractivity contribution in [3.8, 4) is 5.75 Å². The summed E-state index contributed by atoms with van der Waals surface area (Å²) < 4.78 is 5.74. The van der Waals surface area contributed by atoms with Crippen LogP contribution in [0.25, 0.3) is 12.2 Å². The van der Waals surface area contributed by atoms with Crippen LogP contribution in [-0.4, -0.2) is 20.2 Å². The molecule has 0 atom stereocenters. The predicted octanol–water partition coefficient (Wildman–Crippen LogP) is 5.96. The number of aromatic nitrogens is 4. The van der Waals surface area contributed by atoms with Crippen LogP contribution in [0.1, 0.15) is 22.1 Å². The van der Waals surface area contributed by atoms with E-state index in [4.69, 9.17) is 16.3 Å². The Morgan fingerprint density at radius 2 is 1.86 bits per heavy atom. The van der Waals surface area contributed by atoms with Crippen LogP contribution < -0.4 is 4.74 Å². The summed E-state index contributed by atoms with van der Waals surface area (Å²) in [4.78, 5) is 9.09. The van der Waals surface area contributed by atoms with Crippen molar-refractivity contribution in [2.75, 3.05) is 0 Å². The highest BCUT2D eigenvalue weighted by atomic mass is 35.5. The highest BCUT2D eigenvalue weighted by molar-refractivity contribution is 7.98. The van der Waals surface area contributed by atoms with E-state index < -0.39 is 0 Å². The van der Waals surface area contributed by atoms with Gasteiger partial charge in [0.2, 0.25) is 5.16 Å². The Hall–Kier alpha value is -2.61. The zero-order valence-corrected chi connectivity index (χ0v) is 17.7. The molecule has 0 radical (unpaired) electrons. The quantitative estimate of drug-likeness (QED) is 0.342. The molecule has 0 unspecified atom stereocenters. The third-order valence-electron chi connectivity index (χ3n) is 3.84. The van der Waals surface area contributed by atoms with Gasteiger partial charge in [0.05, 0.1) is 5.69 Å². The molecule has 8 heteroatoms. The summed E-state index contributed by atoms with van der Waals surface area (Å²) in [5.41, 5.74) is 2.11. The second-order valence-corrected chi connectivity index (χ2v) is 8.33. The van der Waals surface area contributed by atoms with Crippen LogP contribution >= 0.6 is 34.7 Å². The van der Waals surface area contributed by atoms with Crippen LogP contribution in [0.3, 0.4) is 0 Å². The third kappa shape index (κ3) is 5.93. The number of hydrogen-bond donors (Lipinski definition) is 1. The van der Waals surface area contributed by atoms with E-state index in [0.29, 0.717) is 22.5 Å². The summed E-state index contributed by atoms with van der Waals surface area (Å²) in [5, 5.41) is 11.5. The molecule has 0 bridgehead atoms. The van der Waals surface area contributed by atoms with E-state index >= 15 is 0 Å². The number of aromatic amines is 1. The molecule has 0 amide bonds. The maximum atomic E-state index is 5.88. The second-order valence-electron chi connectivity index (χ2n) is 6.01. The summed E-state index contributed by atoms with van der Waals surface area (Å²) in [7, 11) is 0. The minimum Gasteiger partial charge on any atom is -0.486 e. The third-order valence-corrected chi connectivity index (χ3v) is 5.84. The Kier molecular flexibility index (Phi) is 6.61. The molecule has 4 rings (SSSR count). The van der Waals surface area contributed by atoms with Crippen LogP contribution in [0.2, 0.25) is 5.02 Å². The van der Waals surface area contributed by atoms with Crippen LogP contribution in [0, 0.1) is 0 Å². The largest absolute Gasteiger partial charge is 0.486 e. The molecule has 2 heterocycles. The lowest BCUT2D eigenvalue weighted by molar-refractivity contribution is 0.305. The van der Waals surface area contributed by atoms with E-state index in [2.05, 4.69) is 20.2 Å². The molecule has 0 aliphatic heterocycles. The number of nitrogens with zero attached hydrogens (tertiary/aromatic N) is 3. The molecule has 0 aliphatic carbocycles. The van der Waals surface area contributed by atoms with Gasteiger partial charge in [-0.05, 0) is 35.9 Å². The normalized spacial score (nSPS) is 11.2. The molecular weight excluding hydrogens is 424 g/mol. The van der Waals surface area contributed by atoms with Crippen molar-refractivity contribution >= 4 is 46.9 Å². The zero-order chi connectivity index (χ0) is 19.9.